The lowest BCUT2D eigenvalue weighted by molar-refractivity contribution is 0.00303. The maximum absolute atomic E-state index is 12.8. The van der Waals surface area contributed by atoms with Gasteiger partial charge in [0.1, 0.15) is 11.4 Å². The van der Waals surface area contributed by atoms with Gasteiger partial charge in [0, 0.05) is 38.2 Å². The lowest BCUT2D eigenvalue weighted by atomic mass is 9.84. The number of nitrogens with zero attached hydrogens (tertiary/aromatic N) is 1. The molecule has 6 heteroatoms. The Morgan fingerprint density at radius 1 is 0.944 bits per heavy atom. The molecule has 2 saturated carbocycles. The number of nitrogens with one attached hydrogen (secondary N) is 1. The standard InChI is InChI=1S/C30H43N3O3/c31-19-25(18-22-8-3-1-4-9-22)32-26-27(29(35)28(26)34)33-16-7-12-24(20-33)30(23-10-5-2-6-11-23)36-17-15-21-13-14-21/h2,5-6,10-11,21-22,24-25,30,32H,1,3-4,7-9,12-20,31H2/t24-,25+,30?/m1/s1. The average molecular weight is 494 g/mol. The van der Waals surface area contributed by atoms with E-state index >= 15 is 0 Å². The summed E-state index contributed by atoms with van der Waals surface area (Å²) in [5.41, 5.74) is 7.66. The van der Waals surface area contributed by atoms with Gasteiger partial charge in [0.15, 0.2) is 0 Å². The van der Waals surface area contributed by atoms with Crippen LogP contribution in [-0.2, 0) is 4.74 Å². The van der Waals surface area contributed by atoms with E-state index in [1.54, 1.807) is 0 Å². The Balaban J connectivity index is 1.28. The molecule has 36 heavy (non-hydrogen) atoms. The summed E-state index contributed by atoms with van der Waals surface area (Å²) in [5.74, 6) is 1.78. The third kappa shape index (κ3) is 6.03. The summed E-state index contributed by atoms with van der Waals surface area (Å²) < 4.78 is 6.51. The Hall–Kier alpha value is -2.18. The molecule has 0 aromatic heterocycles. The summed E-state index contributed by atoms with van der Waals surface area (Å²) >= 11 is 0. The third-order valence-corrected chi connectivity index (χ3v) is 8.71. The number of hydrogen-bond donors (Lipinski definition) is 2. The molecule has 0 radical (unpaired) electrons. The van der Waals surface area contributed by atoms with Crippen LogP contribution in [0.4, 0.5) is 11.4 Å². The number of nitrogens with two attached hydrogens (primary N) is 1. The molecule has 0 spiro atoms. The Bertz CT molecular complexity index is 1040. The highest BCUT2D eigenvalue weighted by molar-refractivity contribution is 5.75. The van der Waals surface area contributed by atoms with E-state index in [9.17, 15) is 9.59 Å². The fourth-order valence-electron chi connectivity index (χ4n) is 6.43. The van der Waals surface area contributed by atoms with Gasteiger partial charge in [-0.25, -0.2) is 0 Å². The summed E-state index contributed by atoms with van der Waals surface area (Å²) in [6.45, 7) is 2.79. The van der Waals surface area contributed by atoms with Gasteiger partial charge in [0.25, 0.3) is 10.9 Å². The van der Waals surface area contributed by atoms with Gasteiger partial charge in [-0.05, 0) is 43.1 Å². The van der Waals surface area contributed by atoms with E-state index in [0.29, 0.717) is 23.8 Å². The highest BCUT2D eigenvalue weighted by Gasteiger charge is 2.35. The number of anilines is 2. The first kappa shape index (κ1) is 25.5. The molecule has 1 aliphatic heterocycles. The molecular formula is C30H43N3O3. The molecule has 3 atom stereocenters. The molecule has 1 unspecified atom stereocenters. The molecule has 2 aromatic carbocycles. The van der Waals surface area contributed by atoms with E-state index < -0.39 is 0 Å². The lowest BCUT2D eigenvalue weighted by Gasteiger charge is -2.39. The van der Waals surface area contributed by atoms with Crippen LogP contribution < -0.4 is 26.8 Å². The molecule has 3 aliphatic rings. The second-order valence-electron chi connectivity index (χ2n) is 11.5. The van der Waals surface area contributed by atoms with Crippen LogP contribution >= 0.6 is 0 Å². The highest BCUT2D eigenvalue weighted by Crippen LogP contribution is 2.38. The normalized spacial score (nSPS) is 23.0. The molecule has 2 aliphatic carbocycles. The molecule has 3 N–H and O–H groups in total. The zero-order chi connectivity index (χ0) is 24.9. The number of benzene rings is 1. The van der Waals surface area contributed by atoms with Gasteiger partial charge >= 0.3 is 0 Å². The maximum atomic E-state index is 12.8. The van der Waals surface area contributed by atoms with E-state index in [1.807, 2.05) is 6.07 Å². The SMILES string of the molecule is NC[C@H](CC1CCCCC1)Nc1c(N2CCC[C@@H](C(OCCC3CC3)c3ccccc3)C2)c(=O)c1=O. The third-order valence-electron chi connectivity index (χ3n) is 8.71. The van der Waals surface area contributed by atoms with Gasteiger partial charge in [-0.2, -0.15) is 0 Å². The van der Waals surface area contributed by atoms with E-state index in [-0.39, 0.29) is 28.9 Å². The van der Waals surface area contributed by atoms with Crippen LogP contribution in [0, 0.1) is 17.8 Å². The second-order valence-corrected chi connectivity index (χ2v) is 11.5. The summed E-state index contributed by atoms with van der Waals surface area (Å²) in [4.78, 5) is 27.6. The van der Waals surface area contributed by atoms with E-state index in [4.69, 9.17) is 10.5 Å². The van der Waals surface area contributed by atoms with Crippen LogP contribution in [0.15, 0.2) is 39.9 Å². The monoisotopic (exact) mass is 493 g/mol. The minimum Gasteiger partial charge on any atom is -0.376 e. The largest absolute Gasteiger partial charge is 0.376 e. The number of hydrogen-bond acceptors (Lipinski definition) is 6. The molecule has 3 fully saturated rings. The van der Waals surface area contributed by atoms with Crippen LogP contribution in [0.1, 0.15) is 82.3 Å². The molecule has 0 bridgehead atoms. The minimum absolute atomic E-state index is 0.0127. The molecule has 6 nitrogen and oxygen atoms in total. The summed E-state index contributed by atoms with van der Waals surface area (Å²) in [6, 6.07) is 10.5. The quantitative estimate of drug-likeness (QED) is 0.415. The molecule has 0 amide bonds. The number of piperidine rings is 1. The van der Waals surface area contributed by atoms with Gasteiger partial charge in [-0.15, -0.1) is 0 Å². The van der Waals surface area contributed by atoms with Gasteiger partial charge in [0.05, 0.1) is 6.10 Å². The van der Waals surface area contributed by atoms with Gasteiger partial charge in [-0.3, -0.25) is 9.59 Å². The number of ether oxygens (including phenoxy) is 1. The van der Waals surface area contributed by atoms with Crippen molar-refractivity contribution in [2.45, 2.75) is 82.8 Å². The van der Waals surface area contributed by atoms with Crippen molar-refractivity contribution < 1.29 is 4.74 Å². The second kappa shape index (κ2) is 11.9. The highest BCUT2D eigenvalue weighted by atomic mass is 16.5. The molecule has 196 valence electrons. The van der Waals surface area contributed by atoms with Crippen molar-refractivity contribution in [1.82, 2.24) is 0 Å². The minimum atomic E-state index is -0.380. The molecular weight excluding hydrogens is 450 g/mol. The summed E-state index contributed by atoms with van der Waals surface area (Å²) in [6.07, 6.45) is 13.2. The van der Waals surface area contributed by atoms with Gasteiger partial charge in [-0.1, -0.05) is 75.3 Å². The lowest BCUT2D eigenvalue weighted by Crippen LogP contribution is -2.48. The zero-order valence-corrected chi connectivity index (χ0v) is 21.6. The molecule has 1 saturated heterocycles. The Labute approximate surface area is 215 Å². The van der Waals surface area contributed by atoms with Crippen molar-refractivity contribution >= 4 is 11.4 Å². The van der Waals surface area contributed by atoms with E-state index in [2.05, 4.69) is 34.5 Å². The van der Waals surface area contributed by atoms with Crippen molar-refractivity contribution in [2.75, 3.05) is 36.5 Å². The van der Waals surface area contributed by atoms with Crippen molar-refractivity contribution in [3.8, 4) is 0 Å². The van der Waals surface area contributed by atoms with Crippen LogP contribution in [0.3, 0.4) is 0 Å². The van der Waals surface area contributed by atoms with Crippen molar-refractivity contribution in [3.05, 3.63) is 56.3 Å². The smallest absolute Gasteiger partial charge is 0.253 e. The Kier molecular flexibility index (Phi) is 8.43. The van der Waals surface area contributed by atoms with E-state index in [1.165, 1.54) is 50.5 Å². The van der Waals surface area contributed by atoms with E-state index in [0.717, 1.165) is 51.3 Å². The fourth-order valence-corrected chi connectivity index (χ4v) is 6.43. The molecule has 5 rings (SSSR count). The first-order chi connectivity index (χ1) is 17.6. The predicted molar refractivity (Wildman–Crippen MR) is 146 cm³/mol. The van der Waals surface area contributed by atoms with Crippen molar-refractivity contribution in [1.29, 1.82) is 0 Å². The van der Waals surface area contributed by atoms with Gasteiger partial charge in [0.2, 0.25) is 0 Å². The summed E-state index contributed by atoms with van der Waals surface area (Å²) in [7, 11) is 0. The Morgan fingerprint density at radius 3 is 2.44 bits per heavy atom. The predicted octanol–water partition coefficient (Wildman–Crippen LogP) is 4.77. The molecule has 2 aromatic rings. The van der Waals surface area contributed by atoms with Crippen LogP contribution in [0.2, 0.25) is 0 Å². The first-order valence-electron chi connectivity index (χ1n) is 14.4. The van der Waals surface area contributed by atoms with Gasteiger partial charge < -0.3 is 20.7 Å². The first-order valence-corrected chi connectivity index (χ1v) is 14.4. The summed E-state index contributed by atoms with van der Waals surface area (Å²) in [5, 5.41) is 3.42. The Morgan fingerprint density at radius 2 is 1.72 bits per heavy atom. The molecule has 1 heterocycles. The maximum Gasteiger partial charge on any atom is 0.253 e. The van der Waals surface area contributed by atoms with Crippen molar-refractivity contribution in [2.24, 2.45) is 23.5 Å². The zero-order valence-electron chi connectivity index (χ0n) is 21.6. The van der Waals surface area contributed by atoms with Crippen LogP contribution in [0.5, 0.6) is 0 Å². The van der Waals surface area contributed by atoms with Crippen molar-refractivity contribution in [3.63, 3.8) is 0 Å². The topological polar surface area (TPSA) is 84.7 Å². The number of rotatable bonds is 12. The average Bonchev–Trinajstić information content (AvgIpc) is 3.75. The van der Waals surface area contributed by atoms with Crippen LogP contribution in [0.25, 0.3) is 0 Å². The van der Waals surface area contributed by atoms with Crippen LogP contribution in [-0.4, -0.2) is 32.3 Å². The fraction of sp³-hybridized carbons (Fsp3) is 0.667.